The number of aryl methyl sites for hydroxylation is 1. The number of hydrogen-bond acceptors (Lipinski definition) is 2. The van der Waals surface area contributed by atoms with Crippen molar-refractivity contribution in [2.24, 2.45) is 0 Å². The molecule has 2 heterocycles. The summed E-state index contributed by atoms with van der Waals surface area (Å²) in [7, 11) is 0. The van der Waals surface area contributed by atoms with Gasteiger partial charge >= 0.3 is 0 Å². The van der Waals surface area contributed by atoms with E-state index in [1.54, 1.807) is 0 Å². The molecule has 1 aliphatic heterocycles. The Morgan fingerprint density at radius 1 is 1.43 bits per heavy atom. The summed E-state index contributed by atoms with van der Waals surface area (Å²) in [6.07, 6.45) is 2.48. The Morgan fingerprint density at radius 3 is 2.71 bits per heavy atom. The number of hydrogen-bond donors (Lipinski definition) is 2. The van der Waals surface area contributed by atoms with E-state index in [9.17, 15) is 0 Å². The van der Waals surface area contributed by atoms with Crippen molar-refractivity contribution >= 4 is 0 Å². The Bertz CT molecular complexity index is 308. The molecule has 1 aliphatic rings. The molecule has 0 aliphatic carbocycles. The average Bonchev–Trinajstić information content (AvgIpc) is 2.70. The third-order valence-corrected chi connectivity index (χ3v) is 2.88. The van der Waals surface area contributed by atoms with Gasteiger partial charge < -0.3 is 10.3 Å². The first-order valence-electron chi connectivity index (χ1n) is 5.48. The van der Waals surface area contributed by atoms with Gasteiger partial charge in [0.1, 0.15) is 5.82 Å². The number of H-pyrrole nitrogens is 1. The highest BCUT2D eigenvalue weighted by Gasteiger charge is 2.20. The van der Waals surface area contributed by atoms with Crippen LogP contribution in [0.25, 0.3) is 0 Å². The van der Waals surface area contributed by atoms with E-state index in [1.165, 1.54) is 24.2 Å². The second-order valence-electron chi connectivity index (χ2n) is 4.44. The highest BCUT2D eigenvalue weighted by atomic mass is 15.0. The van der Waals surface area contributed by atoms with Crippen LogP contribution in [0.15, 0.2) is 0 Å². The SMILES string of the molecule is Cc1[nH]c(C2CCCN2)nc1C(C)C. The number of imidazole rings is 1. The molecule has 2 rings (SSSR count). The molecular weight excluding hydrogens is 174 g/mol. The van der Waals surface area contributed by atoms with Gasteiger partial charge in [-0.3, -0.25) is 0 Å². The van der Waals surface area contributed by atoms with Gasteiger partial charge in [0.25, 0.3) is 0 Å². The summed E-state index contributed by atoms with van der Waals surface area (Å²) < 4.78 is 0. The van der Waals surface area contributed by atoms with Crippen LogP contribution in [-0.4, -0.2) is 16.5 Å². The molecule has 14 heavy (non-hydrogen) atoms. The largest absolute Gasteiger partial charge is 0.345 e. The molecule has 3 nitrogen and oxygen atoms in total. The number of nitrogens with one attached hydrogen (secondary N) is 2. The minimum Gasteiger partial charge on any atom is -0.345 e. The first-order valence-corrected chi connectivity index (χ1v) is 5.48. The zero-order chi connectivity index (χ0) is 10.1. The van der Waals surface area contributed by atoms with Gasteiger partial charge in [-0.15, -0.1) is 0 Å². The second-order valence-corrected chi connectivity index (χ2v) is 4.44. The lowest BCUT2D eigenvalue weighted by atomic mass is 10.1. The maximum atomic E-state index is 4.67. The van der Waals surface area contributed by atoms with Gasteiger partial charge in [-0.1, -0.05) is 13.8 Å². The monoisotopic (exact) mass is 193 g/mol. The van der Waals surface area contributed by atoms with E-state index in [4.69, 9.17) is 0 Å². The normalized spacial score (nSPS) is 22.1. The van der Waals surface area contributed by atoms with Crippen molar-refractivity contribution in [2.75, 3.05) is 6.54 Å². The molecule has 1 aromatic rings. The number of rotatable bonds is 2. The molecule has 0 saturated carbocycles. The number of nitrogens with zero attached hydrogens (tertiary/aromatic N) is 1. The van der Waals surface area contributed by atoms with Crippen LogP contribution in [0.2, 0.25) is 0 Å². The second kappa shape index (κ2) is 3.73. The lowest BCUT2D eigenvalue weighted by molar-refractivity contribution is 0.609. The van der Waals surface area contributed by atoms with Gasteiger partial charge in [-0.2, -0.15) is 0 Å². The van der Waals surface area contributed by atoms with Crippen LogP contribution in [0, 0.1) is 6.92 Å². The molecule has 1 saturated heterocycles. The molecule has 1 fully saturated rings. The molecule has 0 radical (unpaired) electrons. The van der Waals surface area contributed by atoms with Crippen LogP contribution in [0.1, 0.15) is 55.9 Å². The highest BCUT2D eigenvalue weighted by molar-refractivity contribution is 5.18. The van der Waals surface area contributed by atoms with E-state index in [2.05, 4.69) is 36.1 Å². The van der Waals surface area contributed by atoms with Crippen LogP contribution < -0.4 is 5.32 Å². The molecule has 1 aromatic heterocycles. The Balaban J connectivity index is 2.22. The molecule has 0 amide bonds. The number of aromatic nitrogens is 2. The molecule has 0 aromatic carbocycles. The lowest BCUT2D eigenvalue weighted by Gasteiger charge is -2.05. The summed E-state index contributed by atoms with van der Waals surface area (Å²) >= 11 is 0. The zero-order valence-electron chi connectivity index (χ0n) is 9.22. The minimum atomic E-state index is 0.459. The van der Waals surface area contributed by atoms with Gasteiger partial charge in [0, 0.05) is 5.69 Å². The average molecular weight is 193 g/mol. The molecular formula is C11H19N3. The third kappa shape index (κ3) is 1.69. The van der Waals surface area contributed by atoms with Gasteiger partial charge in [0.2, 0.25) is 0 Å². The van der Waals surface area contributed by atoms with Crippen LogP contribution in [0.4, 0.5) is 0 Å². The molecule has 0 spiro atoms. The van der Waals surface area contributed by atoms with Crippen molar-refractivity contribution in [1.29, 1.82) is 0 Å². The summed E-state index contributed by atoms with van der Waals surface area (Å²) in [5.74, 6) is 1.64. The number of aromatic amines is 1. The summed E-state index contributed by atoms with van der Waals surface area (Å²) in [4.78, 5) is 8.07. The van der Waals surface area contributed by atoms with E-state index in [0.717, 1.165) is 12.4 Å². The Labute approximate surface area is 85.3 Å². The predicted molar refractivity (Wildman–Crippen MR) is 57.4 cm³/mol. The lowest BCUT2D eigenvalue weighted by Crippen LogP contribution is -2.14. The van der Waals surface area contributed by atoms with E-state index in [0.29, 0.717) is 12.0 Å². The van der Waals surface area contributed by atoms with Crippen LogP contribution in [0.3, 0.4) is 0 Å². The zero-order valence-corrected chi connectivity index (χ0v) is 9.22. The first-order chi connectivity index (χ1) is 6.68. The van der Waals surface area contributed by atoms with E-state index >= 15 is 0 Å². The van der Waals surface area contributed by atoms with Gasteiger partial charge in [-0.25, -0.2) is 4.98 Å². The highest BCUT2D eigenvalue weighted by Crippen LogP contribution is 2.24. The Hall–Kier alpha value is -0.830. The van der Waals surface area contributed by atoms with Crippen molar-refractivity contribution in [2.45, 2.75) is 45.6 Å². The maximum Gasteiger partial charge on any atom is 0.123 e. The summed E-state index contributed by atoms with van der Waals surface area (Å²) in [5.41, 5.74) is 2.44. The van der Waals surface area contributed by atoms with Crippen molar-refractivity contribution in [1.82, 2.24) is 15.3 Å². The predicted octanol–water partition coefficient (Wildman–Crippen LogP) is 2.27. The topological polar surface area (TPSA) is 40.7 Å². The molecule has 0 bridgehead atoms. The minimum absolute atomic E-state index is 0.459. The summed E-state index contributed by atoms with van der Waals surface area (Å²) in [6, 6.07) is 0.459. The van der Waals surface area contributed by atoms with E-state index in [-0.39, 0.29) is 0 Å². The quantitative estimate of drug-likeness (QED) is 0.756. The first kappa shape index (κ1) is 9.71. The van der Waals surface area contributed by atoms with Crippen molar-refractivity contribution < 1.29 is 0 Å². The fourth-order valence-corrected chi connectivity index (χ4v) is 2.14. The van der Waals surface area contributed by atoms with Gasteiger partial charge in [0.05, 0.1) is 11.7 Å². The Morgan fingerprint density at radius 2 is 2.21 bits per heavy atom. The molecule has 1 atom stereocenters. The van der Waals surface area contributed by atoms with Crippen LogP contribution in [-0.2, 0) is 0 Å². The maximum absolute atomic E-state index is 4.67. The van der Waals surface area contributed by atoms with Crippen LogP contribution >= 0.6 is 0 Å². The fraction of sp³-hybridized carbons (Fsp3) is 0.727. The van der Waals surface area contributed by atoms with Gasteiger partial charge in [-0.05, 0) is 32.2 Å². The van der Waals surface area contributed by atoms with Crippen molar-refractivity contribution in [3.8, 4) is 0 Å². The van der Waals surface area contributed by atoms with E-state index < -0.39 is 0 Å². The molecule has 1 unspecified atom stereocenters. The smallest absolute Gasteiger partial charge is 0.123 e. The van der Waals surface area contributed by atoms with Crippen LogP contribution in [0.5, 0.6) is 0 Å². The summed E-state index contributed by atoms with van der Waals surface area (Å²) in [5, 5.41) is 3.46. The fourth-order valence-electron chi connectivity index (χ4n) is 2.14. The van der Waals surface area contributed by atoms with Crippen molar-refractivity contribution in [3.63, 3.8) is 0 Å². The van der Waals surface area contributed by atoms with E-state index in [1.807, 2.05) is 0 Å². The molecule has 78 valence electrons. The molecule has 3 heteroatoms. The van der Waals surface area contributed by atoms with Gasteiger partial charge in [0.15, 0.2) is 0 Å². The summed E-state index contributed by atoms with van der Waals surface area (Å²) in [6.45, 7) is 7.62. The van der Waals surface area contributed by atoms with Crippen molar-refractivity contribution in [3.05, 3.63) is 17.2 Å². The third-order valence-electron chi connectivity index (χ3n) is 2.88. The molecule has 2 N–H and O–H groups in total. The Kier molecular flexibility index (Phi) is 2.59. The standard InChI is InChI=1S/C11H19N3/c1-7(2)10-8(3)13-11(14-10)9-5-4-6-12-9/h7,9,12H,4-6H2,1-3H3,(H,13,14).